The maximum atomic E-state index is 12.1. The van der Waals surface area contributed by atoms with Crippen molar-refractivity contribution in [2.24, 2.45) is 0 Å². The van der Waals surface area contributed by atoms with Crippen LogP contribution in [-0.4, -0.2) is 59.5 Å². The van der Waals surface area contributed by atoms with Crippen molar-refractivity contribution in [2.45, 2.75) is 50.1 Å². The molecule has 1 aliphatic heterocycles. The van der Waals surface area contributed by atoms with Crippen LogP contribution in [0.4, 0.5) is 5.82 Å². The molecule has 2 fully saturated rings. The van der Waals surface area contributed by atoms with E-state index >= 15 is 0 Å². The van der Waals surface area contributed by atoms with E-state index in [9.17, 15) is 4.79 Å². The van der Waals surface area contributed by atoms with Gasteiger partial charge >= 0.3 is 0 Å². The monoisotopic (exact) mass is 415 g/mol. The number of piperazine rings is 1. The number of aromatic nitrogens is 2. The zero-order valence-electron chi connectivity index (χ0n) is 17.2. The number of likely N-dealkylation sites (N-methyl/N-ethyl adjacent to an activating group) is 1. The number of carbonyl (C=O) groups excluding carboxylic acids is 1. The second-order valence-electron chi connectivity index (χ2n) is 7.58. The molecule has 1 aliphatic carbocycles. The van der Waals surface area contributed by atoms with Crippen molar-refractivity contribution in [3.63, 3.8) is 0 Å². The van der Waals surface area contributed by atoms with E-state index in [1.165, 1.54) is 0 Å². The van der Waals surface area contributed by atoms with Gasteiger partial charge in [0.05, 0.1) is 5.75 Å². The number of hydrogen-bond acceptors (Lipinski definition) is 7. The number of nitrogens with zero attached hydrogens (tertiary/aromatic N) is 4. The summed E-state index contributed by atoms with van der Waals surface area (Å²) in [6, 6.07) is 6.05. The van der Waals surface area contributed by atoms with Crippen LogP contribution in [0.5, 0.6) is 0 Å². The van der Waals surface area contributed by atoms with E-state index < -0.39 is 0 Å². The third-order valence-corrected chi connectivity index (χ3v) is 6.26. The first kappa shape index (κ1) is 20.2. The van der Waals surface area contributed by atoms with Crippen molar-refractivity contribution in [3.8, 4) is 0 Å². The molecule has 2 aromatic rings. The molecule has 0 atom stereocenters. The third kappa shape index (κ3) is 5.30. The summed E-state index contributed by atoms with van der Waals surface area (Å²) in [7, 11) is 0. The lowest BCUT2D eigenvalue weighted by Gasteiger charge is -2.34. The van der Waals surface area contributed by atoms with Crippen molar-refractivity contribution >= 4 is 23.5 Å². The number of nitrogens with one attached hydrogen (secondary N) is 1. The molecule has 1 saturated carbocycles. The molecule has 0 radical (unpaired) electrons. The molecule has 1 N–H and O–H groups in total. The van der Waals surface area contributed by atoms with E-state index in [2.05, 4.69) is 40.0 Å². The average Bonchev–Trinajstić information content (AvgIpc) is 3.44. The smallest absolute Gasteiger partial charge is 0.287 e. The highest BCUT2D eigenvalue weighted by Crippen LogP contribution is 2.25. The molecule has 2 aliphatic rings. The zero-order chi connectivity index (χ0) is 20.2. The minimum absolute atomic E-state index is 0.124. The number of anilines is 1. The van der Waals surface area contributed by atoms with Crippen LogP contribution in [0.2, 0.25) is 0 Å². The fourth-order valence-corrected chi connectivity index (χ4v) is 4.12. The normalized spacial score (nSPS) is 17.5. The van der Waals surface area contributed by atoms with Gasteiger partial charge in [0.25, 0.3) is 5.91 Å². The molecular formula is C21H29N5O2S. The number of hydrogen-bond donors (Lipinski definition) is 1. The van der Waals surface area contributed by atoms with Gasteiger partial charge in [0.2, 0.25) is 0 Å². The molecule has 0 unspecified atom stereocenters. The van der Waals surface area contributed by atoms with E-state index in [1.54, 1.807) is 17.8 Å². The largest absolute Gasteiger partial charge is 0.455 e. The summed E-state index contributed by atoms with van der Waals surface area (Å²) in [6.07, 6.45) is 3.01. The molecular weight excluding hydrogens is 386 g/mol. The molecule has 156 valence electrons. The first-order valence-electron chi connectivity index (χ1n) is 10.5. The van der Waals surface area contributed by atoms with Crippen molar-refractivity contribution in [2.75, 3.05) is 37.6 Å². The van der Waals surface area contributed by atoms with Crippen LogP contribution in [0.15, 0.2) is 27.8 Å². The number of furan rings is 1. The van der Waals surface area contributed by atoms with E-state index in [-0.39, 0.29) is 5.91 Å². The van der Waals surface area contributed by atoms with Gasteiger partial charge in [-0.2, -0.15) is 0 Å². The highest BCUT2D eigenvalue weighted by molar-refractivity contribution is 7.98. The Hall–Kier alpha value is -2.06. The SMILES string of the molecule is CCc1cc(N2CCN(CC)CC2)nc(SCc2ccc(C(=O)NC3CC3)o2)n1. The molecule has 1 amide bonds. The summed E-state index contributed by atoms with van der Waals surface area (Å²) in [5.41, 5.74) is 1.05. The number of amides is 1. The highest BCUT2D eigenvalue weighted by atomic mass is 32.2. The summed E-state index contributed by atoms with van der Waals surface area (Å²) < 4.78 is 5.72. The summed E-state index contributed by atoms with van der Waals surface area (Å²) in [5, 5.41) is 3.71. The number of carbonyl (C=O) groups is 1. The van der Waals surface area contributed by atoms with Crippen LogP contribution in [0.3, 0.4) is 0 Å². The minimum atomic E-state index is -0.124. The van der Waals surface area contributed by atoms with Crippen molar-refractivity contribution in [1.82, 2.24) is 20.2 Å². The van der Waals surface area contributed by atoms with Crippen LogP contribution >= 0.6 is 11.8 Å². The minimum Gasteiger partial charge on any atom is -0.455 e. The predicted molar refractivity (Wildman–Crippen MR) is 114 cm³/mol. The van der Waals surface area contributed by atoms with E-state index in [0.717, 1.165) is 74.4 Å². The number of rotatable bonds is 8. The third-order valence-electron chi connectivity index (χ3n) is 5.39. The number of aryl methyl sites for hydroxylation is 1. The van der Waals surface area contributed by atoms with Crippen LogP contribution in [0.1, 0.15) is 48.7 Å². The molecule has 29 heavy (non-hydrogen) atoms. The second-order valence-corrected chi connectivity index (χ2v) is 8.52. The van der Waals surface area contributed by atoms with Gasteiger partial charge in [-0.1, -0.05) is 25.6 Å². The van der Waals surface area contributed by atoms with Crippen LogP contribution in [-0.2, 0) is 12.2 Å². The van der Waals surface area contributed by atoms with Gasteiger partial charge in [-0.05, 0) is 37.9 Å². The zero-order valence-corrected chi connectivity index (χ0v) is 18.0. The Bertz CT molecular complexity index is 843. The van der Waals surface area contributed by atoms with Gasteiger partial charge in [-0.3, -0.25) is 4.79 Å². The molecule has 8 heteroatoms. The maximum absolute atomic E-state index is 12.1. The van der Waals surface area contributed by atoms with Gasteiger partial charge in [-0.15, -0.1) is 0 Å². The summed E-state index contributed by atoms with van der Waals surface area (Å²) in [4.78, 5) is 26.4. The van der Waals surface area contributed by atoms with Crippen LogP contribution < -0.4 is 10.2 Å². The number of thioether (sulfide) groups is 1. The first-order chi connectivity index (χ1) is 14.1. The fourth-order valence-electron chi connectivity index (χ4n) is 3.36. The quantitative estimate of drug-likeness (QED) is 0.525. The second kappa shape index (κ2) is 9.17. The molecule has 3 heterocycles. The lowest BCUT2D eigenvalue weighted by molar-refractivity contribution is 0.0922. The van der Waals surface area contributed by atoms with Gasteiger partial charge in [0.15, 0.2) is 10.9 Å². The molecule has 7 nitrogen and oxygen atoms in total. The van der Waals surface area contributed by atoms with Gasteiger partial charge in [0.1, 0.15) is 11.6 Å². The van der Waals surface area contributed by atoms with Gasteiger partial charge in [0, 0.05) is 44.0 Å². The van der Waals surface area contributed by atoms with Crippen LogP contribution in [0.25, 0.3) is 0 Å². The Morgan fingerprint density at radius 1 is 1.21 bits per heavy atom. The summed E-state index contributed by atoms with van der Waals surface area (Å²) >= 11 is 1.55. The first-order valence-corrected chi connectivity index (χ1v) is 11.5. The van der Waals surface area contributed by atoms with Gasteiger partial charge < -0.3 is 19.5 Å². The summed E-state index contributed by atoms with van der Waals surface area (Å²) in [5.74, 6) is 2.64. The van der Waals surface area contributed by atoms with Crippen molar-refractivity contribution in [1.29, 1.82) is 0 Å². The Balaban J connectivity index is 1.39. The topological polar surface area (TPSA) is 74.5 Å². The Morgan fingerprint density at radius 2 is 2.00 bits per heavy atom. The Morgan fingerprint density at radius 3 is 2.69 bits per heavy atom. The molecule has 2 aromatic heterocycles. The van der Waals surface area contributed by atoms with E-state index in [0.29, 0.717) is 17.6 Å². The lowest BCUT2D eigenvalue weighted by Crippen LogP contribution is -2.46. The molecule has 4 rings (SSSR count). The van der Waals surface area contributed by atoms with Crippen molar-refractivity contribution in [3.05, 3.63) is 35.4 Å². The Kier molecular flexibility index (Phi) is 6.40. The predicted octanol–water partition coefficient (Wildman–Crippen LogP) is 2.96. The average molecular weight is 416 g/mol. The Labute approximate surface area is 176 Å². The molecule has 0 bridgehead atoms. The maximum Gasteiger partial charge on any atom is 0.287 e. The lowest BCUT2D eigenvalue weighted by atomic mass is 10.2. The summed E-state index contributed by atoms with van der Waals surface area (Å²) in [6.45, 7) is 9.56. The highest BCUT2D eigenvalue weighted by Gasteiger charge is 2.25. The van der Waals surface area contributed by atoms with Crippen LogP contribution in [0, 0.1) is 0 Å². The van der Waals surface area contributed by atoms with E-state index in [4.69, 9.17) is 9.40 Å². The standard InChI is InChI=1S/C21H29N5O2S/c1-3-15-13-19(26-11-9-25(4-2)10-12-26)24-21(23-15)29-14-17-7-8-18(28-17)20(27)22-16-5-6-16/h7-8,13,16H,3-6,9-12,14H2,1-2H3,(H,22,27). The molecule has 1 saturated heterocycles. The van der Waals surface area contributed by atoms with Crippen molar-refractivity contribution < 1.29 is 9.21 Å². The van der Waals surface area contributed by atoms with E-state index in [1.807, 2.05) is 6.07 Å². The fraction of sp³-hybridized carbons (Fsp3) is 0.571. The molecule has 0 spiro atoms. The molecule has 0 aromatic carbocycles. The van der Waals surface area contributed by atoms with Gasteiger partial charge in [-0.25, -0.2) is 9.97 Å².